The molecule has 2 aliphatic heterocycles. The van der Waals surface area contributed by atoms with E-state index < -0.39 is 32.9 Å². The lowest BCUT2D eigenvalue weighted by molar-refractivity contribution is -0.166. The van der Waals surface area contributed by atoms with Crippen LogP contribution in [0.1, 0.15) is 78.4 Å². The van der Waals surface area contributed by atoms with Crippen molar-refractivity contribution in [3.63, 3.8) is 0 Å². The van der Waals surface area contributed by atoms with E-state index >= 15 is 0 Å². The van der Waals surface area contributed by atoms with Crippen molar-refractivity contribution in [1.29, 1.82) is 0 Å². The summed E-state index contributed by atoms with van der Waals surface area (Å²) in [6.45, 7) is 11.6. The number of amides is 2. The second kappa shape index (κ2) is 8.43. The normalized spacial score (nSPS) is 33.8. The van der Waals surface area contributed by atoms with E-state index in [-0.39, 0.29) is 23.8 Å². The van der Waals surface area contributed by atoms with Gasteiger partial charge in [-0.25, -0.2) is 0 Å². The van der Waals surface area contributed by atoms with Gasteiger partial charge in [-0.3, -0.25) is 19.2 Å². The van der Waals surface area contributed by atoms with Crippen LogP contribution >= 0.6 is 0 Å². The molecule has 0 spiro atoms. The maximum absolute atomic E-state index is 13.3. The number of hydrogen-bond acceptors (Lipinski definition) is 6. The summed E-state index contributed by atoms with van der Waals surface area (Å²) in [5.41, 5.74) is -1.38. The van der Waals surface area contributed by atoms with Crippen LogP contribution in [0.2, 0.25) is 0 Å². The summed E-state index contributed by atoms with van der Waals surface area (Å²) in [6.07, 6.45) is 2.99. The van der Waals surface area contributed by atoms with Gasteiger partial charge >= 0.3 is 11.9 Å². The zero-order valence-electron chi connectivity index (χ0n) is 24.6. The molecule has 0 radical (unpaired) electrons. The molecule has 2 amide bonds. The highest BCUT2D eigenvalue weighted by Crippen LogP contribution is 2.66. The number of nitrogens with one attached hydrogen (secondary N) is 2. The van der Waals surface area contributed by atoms with E-state index in [2.05, 4.69) is 10.6 Å². The third-order valence-electron chi connectivity index (χ3n) is 11.7. The van der Waals surface area contributed by atoms with E-state index in [1.165, 1.54) is 0 Å². The molecule has 4 bridgehead atoms. The van der Waals surface area contributed by atoms with Gasteiger partial charge in [0.1, 0.15) is 0 Å². The molecule has 8 nitrogen and oxygen atoms in total. The van der Waals surface area contributed by atoms with Crippen molar-refractivity contribution in [2.45, 2.75) is 84.8 Å². The Labute approximate surface area is 240 Å². The number of hydrogen-bond donors (Lipinski definition) is 2. The van der Waals surface area contributed by atoms with E-state index in [0.29, 0.717) is 43.5 Å². The van der Waals surface area contributed by atoms with E-state index in [0.717, 1.165) is 11.1 Å². The molecule has 41 heavy (non-hydrogen) atoms. The van der Waals surface area contributed by atoms with Gasteiger partial charge < -0.3 is 20.1 Å². The monoisotopic (exact) mass is 558 g/mol. The van der Waals surface area contributed by atoms with Crippen molar-refractivity contribution < 1.29 is 28.7 Å². The number of carbonyl (C=O) groups is 4. The quantitative estimate of drug-likeness (QED) is 0.460. The molecular weight excluding hydrogens is 520 g/mol. The van der Waals surface area contributed by atoms with Gasteiger partial charge in [-0.1, -0.05) is 52.0 Å². The smallest absolute Gasteiger partial charge is 0.313 e. The van der Waals surface area contributed by atoms with E-state index in [1.807, 2.05) is 90.1 Å². The minimum atomic E-state index is -1.15. The molecule has 2 N–H and O–H groups in total. The van der Waals surface area contributed by atoms with Gasteiger partial charge in [-0.05, 0) is 81.3 Å². The van der Waals surface area contributed by atoms with Gasteiger partial charge in [-0.2, -0.15) is 0 Å². The Hall–Kier alpha value is -3.68. The Balaban J connectivity index is 1.08. The lowest BCUT2D eigenvalue weighted by Gasteiger charge is -2.35. The zero-order valence-corrected chi connectivity index (χ0v) is 24.6. The standard InChI is InChI=1S/C33H38N2O6/c1-28(2)30(5)15-17-32(28,40-26(30)38)24(36)34-22-11-7-20(8-12-22)19-21-9-13-23(14-10-21)35-25(37)33-18-16-31(6,27(39)41-33)29(33,3)4/h7-14H,15-19H2,1-6H3,(H,34,36)(H,35,37)/t30-,31?,32+,33?/m1/s1. The number of rotatable bonds is 6. The van der Waals surface area contributed by atoms with Crippen molar-refractivity contribution in [1.82, 2.24) is 0 Å². The van der Waals surface area contributed by atoms with Crippen LogP contribution in [0.5, 0.6) is 0 Å². The summed E-state index contributed by atoms with van der Waals surface area (Å²) in [7, 11) is 0. The van der Waals surface area contributed by atoms with Crippen molar-refractivity contribution in [2.24, 2.45) is 21.7 Å². The predicted octanol–water partition coefficient (Wildman–Crippen LogP) is 5.40. The largest absolute Gasteiger partial charge is 0.448 e. The molecule has 2 heterocycles. The van der Waals surface area contributed by atoms with Crippen molar-refractivity contribution in [2.75, 3.05) is 10.6 Å². The van der Waals surface area contributed by atoms with E-state index in [4.69, 9.17) is 9.47 Å². The summed E-state index contributed by atoms with van der Waals surface area (Å²) in [5.74, 6) is -1.14. The average Bonchev–Trinajstić information content (AvgIpc) is 3.39. The fraction of sp³-hybridized carbons (Fsp3) is 0.515. The molecule has 2 aromatic carbocycles. The van der Waals surface area contributed by atoms with Crippen molar-refractivity contribution >= 4 is 35.1 Å². The Morgan fingerprint density at radius 3 is 1.22 bits per heavy atom. The first-order chi connectivity index (χ1) is 19.1. The second-order valence-electron chi connectivity index (χ2n) is 13.8. The van der Waals surface area contributed by atoms with Crippen LogP contribution < -0.4 is 10.6 Å². The Morgan fingerprint density at radius 2 is 0.951 bits per heavy atom. The van der Waals surface area contributed by atoms with Crippen LogP contribution in [-0.4, -0.2) is 35.0 Å². The fourth-order valence-electron chi connectivity index (χ4n) is 7.61. The van der Waals surface area contributed by atoms with Crippen LogP contribution in [0.4, 0.5) is 11.4 Å². The average molecular weight is 559 g/mol. The Kier molecular flexibility index (Phi) is 5.65. The van der Waals surface area contributed by atoms with E-state index in [9.17, 15) is 19.2 Å². The molecule has 2 aliphatic carbocycles. The van der Waals surface area contributed by atoms with Crippen LogP contribution in [0.15, 0.2) is 48.5 Å². The molecule has 216 valence electrons. The first-order valence-corrected chi connectivity index (χ1v) is 14.4. The minimum Gasteiger partial charge on any atom is -0.448 e. The molecule has 6 rings (SSSR count). The first kappa shape index (κ1) is 27.5. The van der Waals surface area contributed by atoms with E-state index in [1.54, 1.807) is 0 Å². The summed E-state index contributed by atoms with van der Waals surface area (Å²) in [5, 5.41) is 5.94. The van der Waals surface area contributed by atoms with Gasteiger partial charge in [-0.15, -0.1) is 0 Å². The van der Waals surface area contributed by atoms with Gasteiger partial charge in [0.25, 0.3) is 11.8 Å². The summed E-state index contributed by atoms with van der Waals surface area (Å²) >= 11 is 0. The fourth-order valence-corrected chi connectivity index (χ4v) is 7.61. The summed E-state index contributed by atoms with van der Waals surface area (Å²) in [4.78, 5) is 51.7. The predicted molar refractivity (Wildman–Crippen MR) is 153 cm³/mol. The molecule has 4 fully saturated rings. The molecule has 2 saturated carbocycles. The van der Waals surface area contributed by atoms with Gasteiger partial charge in [0.05, 0.1) is 10.8 Å². The molecule has 8 heteroatoms. The maximum atomic E-state index is 13.3. The summed E-state index contributed by atoms with van der Waals surface area (Å²) in [6, 6.07) is 15.3. The third kappa shape index (κ3) is 3.39. The van der Waals surface area contributed by atoms with Crippen LogP contribution in [0, 0.1) is 21.7 Å². The highest BCUT2D eigenvalue weighted by Gasteiger charge is 2.76. The summed E-state index contributed by atoms with van der Waals surface area (Å²) < 4.78 is 11.4. The maximum Gasteiger partial charge on any atom is 0.313 e. The highest BCUT2D eigenvalue weighted by molar-refractivity contribution is 6.04. The second-order valence-corrected chi connectivity index (χ2v) is 13.8. The lowest BCUT2D eigenvalue weighted by Crippen LogP contribution is -2.50. The number of benzene rings is 2. The lowest BCUT2D eigenvalue weighted by atomic mass is 9.66. The zero-order chi connectivity index (χ0) is 29.6. The Morgan fingerprint density at radius 1 is 0.610 bits per heavy atom. The molecule has 2 unspecified atom stereocenters. The molecule has 4 aliphatic rings. The van der Waals surface area contributed by atoms with Crippen LogP contribution in [0.25, 0.3) is 0 Å². The molecule has 0 aromatic heterocycles. The van der Waals surface area contributed by atoms with Crippen molar-refractivity contribution in [3.8, 4) is 0 Å². The number of carbonyl (C=O) groups excluding carboxylic acids is 4. The number of ether oxygens (including phenoxy) is 2. The topological polar surface area (TPSA) is 111 Å². The highest BCUT2D eigenvalue weighted by atomic mass is 16.6. The number of esters is 2. The van der Waals surface area contributed by atoms with Crippen LogP contribution in [-0.2, 0) is 35.1 Å². The van der Waals surface area contributed by atoms with Crippen molar-refractivity contribution in [3.05, 3.63) is 59.7 Å². The van der Waals surface area contributed by atoms with Gasteiger partial charge in [0.2, 0.25) is 0 Å². The van der Waals surface area contributed by atoms with Crippen LogP contribution in [0.3, 0.4) is 0 Å². The Bertz CT molecular complexity index is 1370. The van der Waals surface area contributed by atoms with Gasteiger partial charge in [0.15, 0.2) is 11.2 Å². The number of anilines is 2. The molecule has 4 atom stereocenters. The molecule has 2 saturated heterocycles. The first-order valence-electron chi connectivity index (χ1n) is 14.4. The third-order valence-corrected chi connectivity index (χ3v) is 11.7. The molecule has 2 aromatic rings. The SMILES string of the molecule is CC12CCC(C(=O)Nc3ccc(Cc4ccc(NC(=O)[C@]56CC[C@](C)(C(=O)O5)C6(C)C)cc4)cc3)(OC1=O)C2(C)C. The number of fused-ring (bicyclic) bond motifs is 4. The minimum absolute atomic E-state index is 0.278. The molecular formula is C33H38N2O6. The van der Waals surface area contributed by atoms with Gasteiger partial charge in [0, 0.05) is 22.2 Å².